The maximum atomic E-state index is 13.1. The van der Waals surface area contributed by atoms with Crippen molar-refractivity contribution in [3.05, 3.63) is 59.7 Å². The van der Waals surface area contributed by atoms with Gasteiger partial charge < -0.3 is 14.7 Å². The Morgan fingerprint density at radius 2 is 1.89 bits per heavy atom. The number of aromatic nitrogens is 2. The molecule has 3 atom stereocenters. The van der Waals surface area contributed by atoms with Crippen LogP contribution in [0, 0.1) is 5.41 Å². The smallest absolute Gasteiger partial charge is 0.358 e. The van der Waals surface area contributed by atoms with E-state index in [2.05, 4.69) is 26.8 Å². The Morgan fingerprint density at radius 1 is 1.18 bits per heavy atom. The van der Waals surface area contributed by atoms with Crippen LogP contribution in [0.1, 0.15) is 45.8 Å². The van der Waals surface area contributed by atoms with Crippen molar-refractivity contribution in [1.82, 2.24) is 14.9 Å². The van der Waals surface area contributed by atoms with Gasteiger partial charge in [0.2, 0.25) is 0 Å². The fourth-order valence-corrected chi connectivity index (χ4v) is 4.80. The lowest BCUT2D eigenvalue weighted by molar-refractivity contribution is 0.0560. The van der Waals surface area contributed by atoms with Crippen molar-refractivity contribution in [1.29, 1.82) is 0 Å². The molecule has 7 nitrogen and oxygen atoms in total. The molecule has 1 aromatic heterocycles. The van der Waals surface area contributed by atoms with E-state index in [4.69, 9.17) is 0 Å². The molecular formula is C21H23N3O4. The first-order valence-electron chi connectivity index (χ1n) is 9.46. The van der Waals surface area contributed by atoms with Gasteiger partial charge in [0, 0.05) is 17.5 Å². The summed E-state index contributed by atoms with van der Waals surface area (Å²) >= 11 is 0. The van der Waals surface area contributed by atoms with Gasteiger partial charge in [0.15, 0.2) is 5.69 Å². The molecule has 2 saturated heterocycles. The van der Waals surface area contributed by atoms with Gasteiger partial charge in [0.25, 0.3) is 5.91 Å². The SMILES string of the molecule is COC(=O)c1cnc(C(=O)N2[C@@H]3CC[C@H]2[C@](CO)(Cc2ccccc2)C3)cn1. The van der Waals surface area contributed by atoms with Gasteiger partial charge in [-0.1, -0.05) is 30.3 Å². The summed E-state index contributed by atoms with van der Waals surface area (Å²) < 4.78 is 4.61. The summed E-state index contributed by atoms with van der Waals surface area (Å²) in [6.07, 6.45) is 5.91. The molecule has 2 fully saturated rings. The predicted molar refractivity (Wildman–Crippen MR) is 101 cm³/mol. The lowest BCUT2D eigenvalue weighted by Crippen LogP contribution is -2.44. The first-order chi connectivity index (χ1) is 13.6. The number of ether oxygens (including phenoxy) is 1. The van der Waals surface area contributed by atoms with Crippen LogP contribution in [0.15, 0.2) is 42.7 Å². The van der Waals surface area contributed by atoms with E-state index in [0.717, 1.165) is 25.7 Å². The normalized spacial score (nSPS) is 25.7. The first-order valence-corrected chi connectivity index (χ1v) is 9.46. The molecule has 1 N–H and O–H groups in total. The van der Waals surface area contributed by atoms with E-state index >= 15 is 0 Å². The van der Waals surface area contributed by atoms with Crippen LogP contribution in [0.3, 0.4) is 0 Å². The van der Waals surface area contributed by atoms with Crippen molar-refractivity contribution in [2.24, 2.45) is 5.41 Å². The van der Waals surface area contributed by atoms with Gasteiger partial charge in [-0.3, -0.25) is 4.79 Å². The number of hydrogen-bond acceptors (Lipinski definition) is 6. The third-order valence-electron chi connectivity index (χ3n) is 6.07. The number of methoxy groups -OCH3 is 1. The zero-order valence-corrected chi connectivity index (χ0v) is 15.7. The molecule has 1 amide bonds. The molecule has 146 valence electrons. The van der Waals surface area contributed by atoms with Crippen molar-refractivity contribution in [2.75, 3.05) is 13.7 Å². The van der Waals surface area contributed by atoms with Crippen LogP contribution in [0.2, 0.25) is 0 Å². The van der Waals surface area contributed by atoms with E-state index in [1.54, 1.807) is 0 Å². The summed E-state index contributed by atoms with van der Waals surface area (Å²) in [4.78, 5) is 34.7. The summed E-state index contributed by atoms with van der Waals surface area (Å²) in [6.45, 7) is 0.0415. The Morgan fingerprint density at radius 3 is 2.54 bits per heavy atom. The summed E-state index contributed by atoms with van der Waals surface area (Å²) in [5, 5.41) is 10.3. The molecule has 0 aliphatic carbocycles. The van der Waals surface area contributed by atoms with Crippen LogP contribution in [0.25, 0.3) is 0 Å². The third-order valence-corrected chi connectivity index (χ3v) is 6.07. The number of nitrogens with zero attached hydrogens (tertiary/aromatic N) is 3. The number of fused-ring (bicyclic) bond motifs is 2. The monoisotopic (exact) mass is 381 g/mol. The van der Waals surface area contributed by atoms with Crippen LogP contribution in [0.4, 0.5) is 0 Å². The quantitative estimate of drug-likeness (QED) is 0.795. The molecule has 0 unspecified atom stereocenters. The Labute approximate surface area is 163 Å². The zero-order valence-electron chi connectivity index (χ0n) is 15.7. The van der Waals surface area contributed by atoms with Crippen LogP contribution >= 0.6 is 0 Å². The fraction of sp³-hybridized carbons (Fsp3) is 0.429. The van der Waals surface area contributed by atoms with E-state index < -0.39 is 5.97 Å². The lowest BCUT2D eigenvalue weighted by atomic mass is 9.70. The number of benzene rings is 1. The Kier molecular flexibility index (Phi) is 4.85. The van der Waals surface area contributed by atoms with Gasteiger partial charge in [-0.25, -0.2) is 14.8 Å². The minimum Gasteiger partial charge on any atom is -0.464 e. The number of esters is 1. The van der Waals surface area contributed by atoms with Crippen LogP contribution in [0.5, 0.6) is 0 Å². The second-order valence-electron chi connectivity index (χ2n) is 7.62. The highest BCUT2D eigenvalue weighted by molar-refractivity contribution is 5.94. The van der Waals surface area contributed by atoms with E-state index in [1.807, 2.05) is 23.1 Å². The molecule has 0 saturated carbocycles. The lowest BCUT2D eigenvalue weighted by Gasteiger charge is -2.36. The first kappa shape index (κ1) is 18.6. The van der Waals surface area contributed by atoms with Crippen molar-refractivity contribution in [3.63, 3.8) is 0 Å². The summed E-state index contributed by atoms with van der Waals surface area (Å²) in [7, 11) is 1.27. The summed E-state index contributed by atoms with van der Waals surface area (Å²) in [6, 6.07) is 10.2. The van der Waals surface area contributed by atoms with Crippen molar-refractivity contribution in [2.45, 2.75) is 37.8 Å². The van der Waals surface area contributed by atoms with E-state index in [-0.39, 0.29) is 41.4 Å². The van der Waals surface area contributed by atoms with Gasteiger partial charge >= 0.3 is 5.97 Å². The number of aliphatic hydroxyl groups is 1. The molecule has 7 heteroatoms. The highest BCUT2D eigenvalue weighted by atomic mass is 16.5. The number of carbonyl (C=O) groups is 2. The van der Waals surface area contributed by atoms with Gasteiger partial charge in [-0.15, -0.1) is 0 Å². The minimum atomic E-state index is -0.588. The second kappa shape index (κ2) is 7.31. The van der Waals surface area contributed by atoms with E-state index in [1.165, 1.54) is 25.1 Å². The summed E-state index contributed by atoms with van der Waals surface area (Å²) in [5.74, 6) is -0.783. The molecule has 2 aliphatic rings. The number of rotatable bonds is 5. The van der Waals surface area contributed by atoms with Gasteiger partial charge in [-0.2, -0.15) is 0 Å². The van der Waals surface area contributed by atoms with E-state index in [0.29, 0.717) is 0 Å². The predicted octanol–water partition coefficient (Wildman–Crippen LogP) is 1.86. The van der Waals surface area contributed by atoms with Crippen LogP contribution in [-0.2, 0) is 11.2 Å². The molecule has 1 aromatic carbocycles. The molecular weight excluding hydrogens is 358 g/mol. The zero-order chi connectivity index (χ0) is 19.7. The molecule has 0 radical (unpaired) electrons. The van der Waals surface area contributed by atoms with Gasteiger partial charge in [0.1, 0.15) is 5.69 Å². The van der Waals surface area contributed by atoms with Gasteiger partial charge in [-0.05, 0) is 31.2 Å². The number of amides is 1. The topological polar surface area (TPSA) is 92.6 Å². The Bertz CT molecular complexity index is 871. The Balaban J connectivity index is 1.57. The van der Waals surface area contributed by atoms with E-state index in [9.17, 15) is 14.7 Å². The molecule has 4 rings (SSSR count). The third kappa shape index (κ3) is 3.05. The minimum absolute atomic E-state index is 0.0303. The Hall–Kier alpha value is -2.80. The molecule has 2 aliphatic heterocycles. The highest BCUT2D eigenvalue weighted by Gasteiger charge is 2.57. The number of carbonyl (C=O) groups excluding carboxylic acids is 2. The summed E-state index contributed by atoms with van der Waals surface area (Å²) in [5.41, 5.74) is 1.10. The molecule has 2 bridgehead atoms. The average Bonchev–Trinajstić information content (AvgIpc) is 3.29. The maximum absolute atomic E-state index is 13.1. The maximum Gasteiger partial charge on any atom is 0.358 e. The average molecular weight is 381 g/mol. The largest absolute Gasteiger partial charge is 0.464 e. The van der Waals surface area contributed by atoms with Gasteiger partial charge in [0.05, 0.1) is 26.1 Å². The molecule has 2 aromatic rings. The standard InChI is InChI=1S/C21H23N3O4/c1-28-20(27)17-12-22-16(11-23-17)19(26)24-15-7-8-18(24)21(10-15,13-25)9-14-5-3-2-4-6-14/h2-6,11-12,15,18,25H,7-10,13H2,1H3/t15-,18+,21-/m1/s1. The van der Waals surface area contributed by atoms with Crippen molar-refractivity contribution < 1.29 is 19.4 Å². The second-order valence-corrected chi connectivity index (χ2v) is 7.62. The molecule has 0 spiro atoms. The fourth-order valence-electron chi connectivity index (χ4n) is 4.80. The van der Waals surface area contributed by atoms with Crippen LogP contribution < -0.4 is 0 Å². The van der Waals surface area contributed by atoms with Crippen LogP contribution in [-0.4, -0.2) is 57.7 Å². The van der Waals surface area contributed by atoms with Crippen molar-refractivity contribution >= 4 is 11.9 Å². The van der Waals surface area contributed by atoms with Crippen molar-refractivity contribution in [3.8, 4) is 0 Å². The number of aliphatic hydroxyl groups excluding tert-OH is 1. The molecule has 3 heterocycles. The molecule has 28 heavy (non-hydrogen) atoms. The highest BCUT2D eigenvalue weighted by Crippen LogP contribution is 2.51. The number of hydrogen-bond donors (Lipinski definition) is 1.